The normalized spacial score (nSPS) is 14.9. The van der Waals surface area contributed by atoms with Gasteiger partial charge >= 0.3 is 0 Å². The van der Waals surface area contributed by atoms with Crippen LogP contribution in [-0.2, 0) is 11.2 Å². The molecule has 1 aliphatic heterocycles. The maximum absolute atomic E-state index is 15.2. The molecule has 144 valence electrons. The lowest BCUT2D eigenvalue weighted by atomic mass is 9.94. The molecule has 0 atom stereocenters. The monoisotopic (exact) mass is 377 g/mol. The fraction of sp³-hybridized carbons (Fsp3) is 0.292. The largest absolute Gasteiger partial charge is 0.381 e. The van der Waals surface area contributed by atoms with Crippen LogP contribution in [0.25, 0.3) is 10.8 Å². The molecule has 4 heteroatoms. The Morgan fingerprint density at radius 3 is 2.46 bits per heavy atom. The average molecular weight is 377 g/mol. The zero-order valence-corrected chi connectivity index (χ0v) is 16.0. The van der Waals surface area contributed by atoms with E-state index in [4.69, 9.17) is 4.74 Å². The van der Waals surface area contributed by atoms with Crippen LogP contribution in [0.2, 0.25) is 0 Å². The number of rotatable bonds is 4. The van der Waals surface area contributed by atoms with Crippen LogP contribution in [0.15, 0.2) is 54.6 Å². The SMILES string of the molecule is Cc1ccc(Cc2cc(C(=O)NC3CCOCC3)c(F)c3ccccc23)cc1. The van der Waals surface area contributed by atoms with Gasteiger partial charge in [-0.3, -0.25) is 4.79 Å². The number of hydrogen-bond donors (Lipinski definition) is 1. The van der Waals surface area contributed by atoms with Gasteiger partial charge in [0.15, 0.2) is 0 Å². The Morgan fingerprint density at radius 2 is 1.75 bits per heavy atom. The second-order valence-electron chi connectivity index (χ2n) is 7.47. The van der Waals surface area contributed by atoms with Gasteiger partial charge in [0.2, 0.25) is 0 Å². The molecule has 3 aromatic rings. The van der Waals surface area contributed by atoms with E-state index in [0.29, 0.717) is 25.0 Å². The second-order valence-corrected chi connectivity index (χ2v) is 7.47. The van der Waals surface area contributed by atoms with E-state index < -0.39 is 5.82 Å². The summed E-state index contributed by atoms with van der Waals surface area (Å²) < 4.78 is 20.5. The predicted octanol–water partition coefficient (Wildman–Crippen LogP) is 4.79. The molecule has 0 aliphatic carbocycles. The van der Waals surface area contributed by atoms with E-state index in [9.17, 15) is 4.79 Å². The molecular weight excluding hydrogens is 353 g/mol. The van der Waals surface area contributed by atoms with Gasteiger partial charge in [-0.2, -0.15) is 0 Å². The number of fused-ring (bicyclic) bond motifs is 1. The number of aryl methyl sites for hydroxylation is 1. The second kappa shape index (κ2) is 8.11. The van der Waals surface area contributed by atoms with Crippen LogP contribution in [0.3, 0.4) is 0 Å². The maximum Gasteiger partial charge on any atom is 0.254 e. The Kier molecular flexibility index (Phi) is 5.40. The molecule has 3 aromatic carbocycles. The maximum atomic E-state index is 15.2. The third-order valence-corrected chi connectivity index (χ3v) is 5.38. The molecule has 0 unspecified atom stereocenters. The van der Waals surface area contributed by atoms with Crippen molar-refractivity contribution in [3.05, 3.63) is 82.7 Å². The van der Waals surface area contributed by atoms with Gasteiger partial charge in [0.25, 0.3) is 5.91 Å². The summed E-state index contributed by atoms with van der Waals surface area (Å²) >= 11 is 0. The van der Waals surface area contributed by atoms with Crippen molar-refractivity contribution in [2.24, 2.45) is 0 Å². The molecule has 1 heterocycles. The Labute approximate surface area is 164 Å². The Bertz CT molecular complexity index is 991. The van der Waals surface area contributed by atoms with Crippen molar-refractivity contribution in [1.29, 1.82) is 0 Å². The fourth-order valence-electron chi connectivity index (χ4n) is 3.76. The average Bonchev–Trinajstić information content (AvgIpc) is 2.72. The van der Waals surface area contributed by atoms with Crippen LogP contribution in [0, 0.1) is 12.7 Å². The van der Waals surface area contributed by atoms with Crippen molar-refractivity contribution in [2.45, 2.75) is 32.2 Å². The van der Waals surface area contributed by atoms with Crippen LogP contribution in [0.5, 0.6) is 0 Å². The molecule has 28 heavy (non-hydrogen) atoms. The number of benzene rings is 3. The molecule has 4 rings (SSSR count). The topological polar surface area (TPSA) is 38.3 Å². The van der Waals surface area contributed by atoms with Gasteiger partial charge < -0.3 is 10.1 Å². The molecule has 0 spiro atoms. The summed E-state index contributed by atoms with van der Waals surface area (Å²) in [6.07, 6.45) is 2.17. The van der Waals surface area contributed by atoms with Gasteiger partial charge in [0, 0.05) is 24.6 Å². The third kappa shape index (κ3) is 3.92. The first-order valence-electron chi connectivity index (χ1n) is 9.76. The molecule has 1 aliphatic rings. The highest BCUT2D eigenvalue weighted by Crippen LogP contribution is 2.27. The van der Waals surface area contributed by atoms with Gasteiger partial charge in [-0.1, -0.05) is 54.1 Å². The summed E-state index contributed by atoms with van der Waals surface area (Å²) in [5.74, 6) is -0.798. The Morgan fingerprint density at radius 1 is 1.07 bits per heavy atom. The molecule has 0 radical (unpaired) electrons. The molecular formula is C24H24FNO2. The van der Waals surface area contributed by atoms with Crippen LogP contribution in [0.4, 0.5) is 4.39 Å². The summed E-state index contributed by atoms with van der Waals surface area (Å²) in [5.41, 5.74) is 3.41. The van der Waals surface area contributed by atoms with Gasteiger partial charge in [0.05, 0.1) is 5.56 Å². The molecule has 0 aromatic heterocycles. The minimum atomic E-state index is -0.451. The summed E-state index contributed by atoms with van der Waals surface area (Å²) in [4.78, 5) is 12.8. The first kappa shape index (κ1) is 18.6. The fourth-order valence-corrected chi connectivity index (χ4v) is 3.76. The Balaban J connectivity index is 1.71. The molecule has 1 amide bonds. The van der Waals surface area contributed by atoms with Crippen molar-refractivity contribution < 1.29 is 13.9 Å². The van der Waals surface area contributed by atoms with Gasteiger partial charge in [-0.25, -0.2) is 4.39 Å². The van der Waals surface area contributed by atoms with Crippen molar-refractivity contribution >= 4 is 16.7 Å². The minimum absolute atomic E-state index is 0.0349. The van der Waals surface area contributed by atoms with E-state index in [1.165, 1.54) is 5.56 Å². The lowest BCUT2D eigenvalue weighted by Crippen LogP contribution is -2.39. The number of halogens is 1. The summed E-state index contributed by atoms with van der Waals surface area (Å²) in [6, 6.07) is 17.4. The number of carbonyl (C=O) groups is 1. The van der Waals surface area contributed by atoms with Crippen LogP contribution in [0.1, 0.15) is 39.9 Å². The molecule has 1 saturated heterocycles. The molecule has 1 fully saturated rings. The number of nitrogens with one attached hydrogen (secondary N) is 1. The van der Waals surface area contributed by atoms with Crippen molar-refractivity contribution in [3.8, 4) is 0 Å². The zero-order chi connectivity index (χ0) is 19.5. The van der Waals surface area contributed by atoms with E-state index in [1.54, 1.807) is 18.2 Å². The van der Waals surface area contributed by atoms with Crippen molar-refractivity contribution in [1.82, 2.24) is 5.32 Å². The van der Waals surface area contributed by atoms with E-state index in [0.717, 1.165) is 29.4 Å². The summed E-state index contributed by atoms with van der Waals surface area (Å²) in [5, 5.41) is 4.32. The van der Waals surface area contributed by atoms with Crippen LogP contribution >= 0.6 is 0 Å². The van der Waals surface area contributed by atoms with Gasteiger partial charge in [0.1, 0.15) is 5.82 Å². The highest BCUT2D eigenvalue weighted by Gasteiger charge is 2.21. The van der Waals surface area contributed by atoms with E-state index >= 15 is 4.39 Å². The third-order valence-electron chi connectivity index (χ3n) is 5.38. The number of carbonyl (C=O) groups excluding carboxylic acids is 1. The molecule has 0 bridgehead atoms. The number of ether oxygens (including phenoxy) is 1. The first-order valence-corrected chi connectivity index (χ1v) is 9.76. The first-order chi connectivity index (χ1) is 13.6. The lowest BCUT2D eigenvalue weighted by Gasteiger charge is -2.23. The quantitative estimate of drug-likeness (QED) is 0.710. The van der Waals surface area contributed by atoms with E-state index in [2.05, 4.69) is 36.5 Å². The van der Waals surface area contributed by atoms with Crippen molar-refractivity contribution in [2.75, 3.05) is 13.2 Å². The molecule has 3 nitrogen and oxygen atoms in total. The highest BCUT2D eigenvalue weighted by atomic mass is 19.1. The minimum Gasteiger partial charge on any atom is -0.381 e. The van der Waals surface area contributed by atoms with Crippen LogP contribution in [-0.4, -0.2) is 25.2 Å². The van der Waals surface area contributed by atoms with E-state index in [1.807, 2.05) is 12.1 Å². The van der Waals surface area contributed by atoms with Gasteiger partial charge in [-0.15, -0.1) is 0 Å². The smallest absolute Gasteiger partial charge is 0.254 e. The van der Waals surface area contributed by atoms with Crippen LogP contribution < -0.4 is 5.32 Å². The highest BCUT2D eigenvalue weighted by molar-refractivity contribution is 6.00. The molecule has 0 saturated carbocycles. The summed E-state index contributed by atoms with van der Waals surface area (Å²) in [7, 11) is 0. The summed E-state index contributed by atoms with van der Waals surface area (Å²) in [6.45, 7) is 3.31. The Hall–Kier alpha value is -2.72. The zero-order valence-electron chi connectivity index (χ0n) is 16.0. The standard InChI is InChI=1S/C24H24FNO2/c1-16-6-8-17(9-7-16)14-18-15-22(23(25)21-5-3-2-4-20(18)21)24(27)26-19-10-12-28-13-11-19/h2-9,15,19H,10-14H2,1H3,(H,26,27). The predicted molar refractivity (Wildman–Crippen MR) is 109 cm³/mol. The lowest BCUT2D eigenvalue weighted by molar-refractivity contribution is 0.0695. The molecule has 1 N–H and O–H groups in total. The number of hydrogen-bond acceptors (Lipinski definition) is 2. The van der Waals surface area contributed by atoms with Crippen molar-refractivity contribution in [3.63, 3.8) is 0 Å². The number of amides is 1. The van der Waals surface area contributed by atoms with E-state index in [-0.39, 0.29) is 17.5 Å². The van der Waals surface area contributed by atoms with Gasteiger partial charge in [-0.05, 0) is 48.8 Å².